The molecular formula is C21H25N5O2. The van der Waals surface area contributed by atoms with Gasteiger partial charge < -0.3 is 9.47 Å². The summed E-state index contributed by atoms with van der Waals surface area (Å²) in [4.78, 5) is 30.1. The number of piperazine rings is 1. The van der Waals surface area contributed by atoms with Crippen LogP contribution in [0.4, 0.5) is 0 Å². The Bertz CT molecular complexity index is 1100. The van der Waals surface area contributed by atoms with E-state index in [2.05, 4.69) is 10.00 Å². The van der Waals surface area contributed by atoms with E-state index in [1.165, 1.54) is 25.7 Å². The number of fused-ring (bicyclic) bond motifs is 3. The number of nitrogens with zero attached hydrogens (tertiary/aromatic N) is 5. The van der Waals surface area contributed by atoms with Crippen LogP contribution in [0.25, 0.3) is 16.6 Å². The number of hydrogen-bond donors (Lipinski definition) is 0. The molecule has 1 amide bonds. The molecule has 0 spiro atoms. The Morgan fingerprint density at radius 3 is 2.50 bits per heavy atom. The minimum Gasteiger partial charge on any atom is -0.336 e. The monoisotopic (exact) mass is 379 g/mol. The van der Waals surface area contributed by atoms with Crippen molar-refractivity contribution in [3.05, 3.63) is 46.4 Å². The molecule has 1 aliphatic carbocycles. The Labute approximate surface area is 163 Å². The van der Waals surface area contributed by atoms with Crippen molar-refractivity contribution in [3.8, 4) is 0 Å². The van der Waals surface area contributed by atoms with Gasteiger partial charge in [-0.05, 0) is 37.1 Å². The Hall–Kier alpha value is -2.67. The topological polar surface area (TPSA) is 62.9 Å². The maximum Gasteiger partial charge on any atom is 0.276 e. The highest BCUT2D eigenvalue weighted by Gasteiger charge is 2.28. The van der Waals surface area contributed by atoms with E-state index in [1.807, 2.05) is 23.1 Å². The van der Waals surface area contributed by atoms with Gasteiger partial charge in [0, 0.05) is 44.8 Å². The van der Waals surface area contributed by atoms with Crippen LogP contribution in [-0.4, -0.2) is 62.1 Å². The summed E-state index contributed by atoms with van der Waals surface area (Å²) in [7, 11) is 1.74. The van der Waals surface area contributed by atoms with Gasteiger partial charge in [-0.2, -0.15) is 5.10 Å². The lowest BCUT2D eigenvalue weighted by Gasteiger charge is -2.38. The molecule has 3 aromatic rings. The minimum atomic E-state index is -0.111. The Morgan fingerprint density at radius 2 is 1.75 bits per heavy atom. The van der Waals surface area contributed by atoms with Crippen LogP contribution in [0, 0.1) is 0 Å². The number of carbonyl (C=O) groups excluding carboxylic acids is 1. The second-order valence-corrected chi connectivity index (χ2v) is 7.96. The molecule has 0 radical (unpaired) electrons. The lowest BCUT2D eigenvalue weighted by atomic mass is 10.1. The Balaban J connectivity index is 1.41. The fourth-order valence-corrected chi connectivity index (χ4v) is 4.78. The number of aromatic nitrogens is 3. The standard InChI is InChI=1S/C21H25N5O2/c1-23-19-14-15(6-7-17(19)26-18(21(23)28)8-9-22-26)20(27)25-12-10-24(11-13-25)16-4-2-3-5-16/h6-9,14,16H,2-5,10-13H2,1H3. The van der Waals surface area contributed by atoms with Gasteiger partial charge in [0.2, 0.25) is 0 Å². The third-order valence-corrected chi connectivity index (χ3v) is 6.42. The molecule has 0 bridgehead atoms. The van der Waals surface area contributed by atoms with Crippen molar-refractivity contribution in [3.63, 3.8) is 0 Å². The zero-order valence-electron chi connectivity index (χ0n) is 16.2. The van der Waals surface area contributed by atoms with Gasteiger partial charge in [0.05, 0.1) is 17.2 Å². The summed E-state index contributed by atoms with van der Waals surface area (Å²) < 4.78 is 3.24. The van der Waals surface area contributed by atoms with Crippen LogP contribution < -0.4 is 5.56 Å². The molecule has 0 N–H and O–H groups in total. The maximum atomic E-state index is 13.1. The van der Waals surface area contributed by atoms with Crippen LogP contribution in [0.5, 0.6) is 0 Å². The summed E-state index contributed by atoms with van der Waals surface area (Å²) in [5.74, 6) is 0.0426. The van der Waals surface area contributed by atoms with E-state index in [-0.39, 0.29) is 11.5 Å². The number of carbonyl (C=O) groups is 1. The van der Waals surface area contributed by atoms with Gasteiger partial charge in [0.25, 0.3) is 11.5 Å². The summed E-state index contributed by atoms with van der Waals surface area (Å²) in [5.41, 5.74) is 2.60. The highest BCUT2D eigenvalue weighted by atomic mass is 16.2. The van der Waals surface area contributed by atoms with Gasteiger partial charge in [0.1, 0.15) is 5.52 Å². The third kappa shape index (κ3) is 2.73. The van der Waals surface area contributed by atoms with Gasteiger partial charge in [-0.15, -0.1) is 0 Å². The van der Waals surface area contributed by atoms with Crippen LogP contribution in [0.15, 0.2) is 35.3 Å². The molecule has 1 saturated carbocycles. The predicted octanol–water partition coefficient (Wildman–Crippen LogP) is 1.89. The van der Waals surface area contributed by atoms with Crippen molar-refractivity contribution < 1.29 is 4.79 Å². The molecule has 7 heteroatoms. The third-order valence-electron chi connectivity index (χ3n) is 6.42. The molecule has 7 nitrogen and oxygen atoms in total. The SMILES string of the molecule is Cn1c(=O)c2ccnn2c2ccc(C(=O)N3CCN(C4CCCC4)CC3)cc21. The smallest absolute Gasteiger partial charge is 0.276 e. The van der Waals surface area contributed by atoms with Crippen LogP contribution in [0.3, 0.4) is 0 Å². The van der Waals surface area contributed by atoms with Crippen molar-refractivity contribution >= 4 is 22.5 Å². The van der Waals surface area contributed by atoms with E-state index < -0.39 is 0 Å². The minimum absolute atomic E-state index is 0.0426. The normalized spacial score (nSPS) is 19.1. The zero-order chi connectivity index (χ0) is 19.3. The Morgan fingerprint density at radius 1 is 1.00 bits per heavy atom. The van der Waals surface area contributed by atoms with E-state index in [0.29, 0.717) is 17.1 Å². The summed E-state index contributed by atoms with van der Waals surface area (Å²) >= 11 is 0. The molecule has 0 unspecified atom stereocenters. The van der Waals surface area contributed by atoms with Crippen LogP contribution in [0.1, 0.15) is 36.0 Å². The summed E-state index contributed by atoms with van der Waals surface area (Å²) in [6.45, 7) is 3.45. The quantitative estimate of drug-likeness (QED) is 0.682. The summed E-state index contributed by atoms with van der Waals surface area (Å²) in [5, 5.41) is 4.26. The van der Waals surface area contributed by atoms with Crippen LogP contribution in [-0.2, 0) is 7.05 Å². The van der Waals surface area contributed by atoms with Gasteiger partial charge in [-0.25, -0.2) is 4.52 Å². The average Bonchev–Trinajstić information content (AvgIpc) is 3.43. The van der Waals surface area contributed by atoms with E-state index in [4.69, 9.17) is 0 Å². The number of amides is 1. The molecule has 1 aromatic carbocycles. The summed E-state index contributed by atoms with van der Waals surface area (Å²) in [6, 6.07) is 7.98. The highest BCUT2D eigenvalue weighted by Crippen LogP contribution is 2.25. The van der Waals surface area contributed by atoms with Crippen molar-refractivity contribution in [2.45, 2.75) is 31.7 Å². The first-order valence-corrected chi connectivity index (χ1v) is 10.1. The lowest BCUT2D eigenvalue weighted by Crippen LogP contribution is -2.51. The second kappa shape index (κ2) is 6.74. The molecule has 2 fully saturated rings. The maximum absolute atomic E-state index is 13.1. The van der Waals surface area contributed by atoms with Crippen molar-refractivity contribution in [1.82, 2.24) is 24.0 Å². The van der Waals surface area contributed by atoms with E-state index in [9.17, 15) is 9.59 Å². The first-order chi connectivity index (χ1) is 13.6. The van der Waals surface area contributed by atoms with E-state index in [1.54, 1.807) is 28.4 Å². The summed E-state index contributed by atoms with van der Waals surface area (Å²) in [6.07, 6.45) is 6.90. The van der Waals surface area contributed by atoms with Gasteiger partial charge in [-0.3, -0.25) is 14.5 Å². The zero-order valence-corrected chi connectivity index (χ0v) is 16.2. The van der Waals surface area contributed by atoms with E-state index >= 15 is 0 Å². The molecule has 2 aliphatic rings. The van der Waals surface area contributed by atoms with Crippen molar-refractivity contribution in [2.24, 2.45) is 7.05 Å². The first-order valence-electron chi connectivity index (χ1n) is 10.1. The molecule has 1 saturated heterocycles. The number of hydrogen-bond acceptors (Lipinski definition) is 4. The molecule has 1 aliphatic heterocycles. The molecule has 2 aromatic heterocycles. The molecule has 146 valence electrons. The average molecular weight is 379 g/mol. The number of aryl methyl sites for hydroxylation is 1. The van der Waals surface area contributed by atoms with Gasteiger partial charge in [0.15, 0.2) is 0 Å². The Kier molecular flexibility index (Phi) is 4.19. The molecule has 28 heavy (non-hydrogen) atoms. The van der Waals surface area contributed by atoms with Crippen molar-refractivity contribution in [2.75, 3.05) is 26.2 Å². The molecule has 0 atom stereocenters. The van der Waals surface area contributed by atoms with Gasteiger partial charge >= 0.3 is 0 Å². The number of benzene rings is 1. The van der Waals surface area contributed by atoms with Gasteiger partial charge in [-0.1, -0.05) is 12.8 Å². The fraction of sp³-hybridized carbons (Fsp3) is 0.476. The molecule has 5 rings (SSSR count). The van der Waals surface area contributed by atoms with Crippen molar-refractivity contribution in [1.29, 1.82) is 0 Å². The van der Waals surface area contributed by atoms with E-state index in [0.717, 1.165) is 37.2 Å². The van der Waals surface area contributed by atoms with Crippen LogP contribution >= 0.6 is 0 Å². The lowest BCUT2D eigenvalue weighted by molar-refractivity contribution is 0.0573. The largest absolute Gasteiger partial charge is 0.336 e. The second-order valence-electron chi connectivity index (χ2n) is 7.96. The van der Waals surface area contributed by atoms with Crippen LogP contribution in [0.2, 0.25) is 0 Å². The fourth-order valence-electron chi connectivity index (χ4n) is 4.78. The highest BCUT2D eigenvalue weighted by molar-refractivity contribution is 5.97. The predicted molar refractivity (Wildman–Crippen MR) is 108 cm³/mol. The number of rotatable bonds is 2. The molecule has 3 heterocycles. The first kappa shape index (κ1) is 17.4. The molecular weight excluding hydrogens is 354 g/mol.